The second kappa shape index (κ2) is 6.18. The summed E-state index contributed by atoms with van der Waals surface area (Å²) >= 11 is 0. The van der Waals surface area contributed by atoms with Crippen LogP contribution in [0.1, 0.15) is 58.6 Å². The summed E-state index contributed by atoms with van der Waals surface area (Å²) in [4.78, 5) is 0. The van der Waals surface area contributed by atoms with Crippen LogP contribution in [0.15, 0.2) is 24.3 Å². The van der Waals surface area contributed by atoms with Crippen molar-refractivity contribution in [2.45, 2.75) is 65.4 Å². The van der Waals surface area contributed by atoms with Crippen LogP contribution in [0.4, 0.5) is 26.3 Å². The standard InChI is InChI=1S/C18H24F6O/c1-11(15(5,6)14(2,3)4)12-7-9-13(10-8-12)16(25,17(19,20)21)18(22,23)24/h7-11,25H,1-6H3. The Hall–Kier alpha value is -1.24. The average molecular weight is 370 g/mol. The molecule has 1 unspecified atom stereocenters. The number of aliphatic hydroxyl groups is 1. The summed E-state index contributed by atoms with van der Waals surface area (Å²) in [5.74, 6) is -0.119. The topological polar surface area (TPSA) is 20.2 Å². The monoisotopic (exact) mass is 370 g/mol. The molecule has 1 aromatic rings. The molecule has 0 spiro atoms. The highest BCUT2D eigenvalue weighted by molar-refractivity contribution is 5.32. The van der Waals surface area contributed by atoms with E-state index >= 15 is 0 Å². The minimum Gasteiger partial charge on any atom is -0.369 e. The number of hydrogen-bond acceptors (Lipinski definition) is 1. The fraction of sp³-hybridized carbons (Fsp3) is 0.667. The Bertz CT molecular complexity index is 576. The minimum atomic E-state index is -5.87. The zero-order valence-corrected chi connectivity index (χ0v) is 15.1. The lowest BCUT2D eigenvalue weighted by molar-refractivity contribution is -0.376. The maximum absolute atomic E-state index is 12.9. The van der Waals surface area contributed by atoms with Crippen molar-refractivity contribution in [2.24, 2.45) is 10.8 Å². The molecule has 1 atom stereocenters. The molecular weight excluding hydrogens is 346 g/mol. The van der Waals surface area contributed by atoms with Gasteiger partial charge in [0.05, 0.1) is 0 Å². The van der Waals surface area contributed by atoms with E-state index in [0.717, 1.165) is 0 Å². The van der Waals surface area contributed by atoms with Crippen molar-refractivity contribution in [1.82, 2.24) is 0 Å². The largest absolute Gasteiger partial charge is 0.430 e. The molecule has 0 aliphatic carbocycles. The Morgan fingerprint density at radius 1 is 0.760 bits per heavy atom. The first-order valence-electron chi connectivity index (χ1n) is 7.83. The second-order valence-electron chi connectivity index (χ2n) is 8.02. The number of halogens is 6. The molecule has 0 aromatic heterocycles. The Morgan fingerprint density at radius 2 is 1.12 bits per heavy atom. The van der Waals surface area contributed by atoms with Gasteiger partial charge < -0.3 is 5.11 Å². The highest BCUT2D eigenvalue weighted by Crippen LogP contribution is 2.51. The molecule has 1 rings (SSSR count). The molecule has 0 bridgehead atoms. The predicted octanol–water partition coefficient (Wildman–Crippen LogP) is 6.17. The van der Waals surface area contributed by atoms with Crippen molar-refractivity contribution >= 4 is 0 Å². The lowest BCUT2D eigenvalue weighted by Gasteiger charge is -2.44. The average Bonchev–Trinajstić information content (AvgIpc) is 2.42. The van der Waals surface area contributed by atoms with Crippen LogP contribution in [0, 0.1) is 10.8 Å². The van der Waals surface area contributed by atoms with E-state index in [0.29, 0.717) is 17.7 Å². The normalized spacial score (nSPS) is 16.0. The van der Waals surface area contributed by atoms with E-state index < -0.39 is 23.5 Å². The van der Waals surface area contributed by atoms with Gasteiger partial charge in [-0.2, -0.15) is 26.3 Å². The summed E-state index contributed by atoms with van der Waals surface area (Å²) in [5.41, 5.74) is -5.92. The van der Waals surface area contributed by atoms with Crippen LogP contribution < -0.4 is 0 Å². The summed E-state index contributed by atoms with van der Waals surface area (Å²) in [6.45, 7) is 11.9. The summed E-state index contributed by atoms with van der Waals surface area (Å²) < 4.78 is 77.5. The molecule has 1 aromatic carbocycles. The van der Waals surface area contributed by atoms with Crippen LogP contribution in [-0.2, 0) is 5.60 Å². The van der Waals surface area contributed by atoms with E-state index in [2.05, 4.69) is 0 Å². The van der Waals surface area contributed by atoms with Crippen molar-refractivity contribution < 1.29 is 31.4 Å². The minimum absolute atomic E-state index is 0.119. The van der Waals surface area contributed by atoms with Crippen LogP contribution in [-0.4, -0.2) is 17.5 Å². The van der Waals surface area contributed by atoms with Gasteiger partial charge in [0, 0.05) is 5.56 Å². The molecular formula is C18H24F6O. The molecule has 0 saturated carbocycles. The maximum atomic E-state index is 12.9. The van der Waals surface area contributed by atoms with Gasteiger partial charge in [0.2, 0.25) is 0 Å². The molecule has 0 saturated heterocycles. The van der Waals surface area contributed by atoms with Crippen molar-refractivity contribution in [3.05, 3.63) is 35.4 Å². The van der Waals surface area contributed by atoms with E-state index in [1.807, 2.05) is 41.5 Å². The molecule has 0 amide bonds. The van der Waals surface area contributed by atoms with Crippen molar-refractivity contribution in [1.29, 1.82) is 0 Å². The highest BCUT2D eigenvalue weighted by atomic mass is 19.4. The number of hydrogen-bond donors (Lipinski definition) is 1. The van der Waals surface area contributed by atoms with Gasteiger partial charge in [0.1, 0.15) is 0 Å². The summed E-state index contributed by atoms with van der Waals surface area (Å²) in [7, 11) is 0. The molecule has 0 aliphatic heterocycles. The van der Waals surface area contributed by atoms with Crippen LogP contribution >= 0.6 is 0 Å². The Labute approximate surface area is 144 Å². The predicted molar refractivity (Wildman–Crippen MR) is 84.1 cm³/mol. The third-order valence-corrected chi connectivity index (χ3v) is 5.66. The van der Waals surface area contributed by atoms with E-state index in [-0.39, 0.29) is 16.7 Å². The fourth-order valence-electron chi connectivity index (χ4n) is 2.57. The molecule has 0 fully saturated rings. The molecule has 144 valence electrons. The molecule has 1 nitrogen and oxygen atoms in total. The smallest absolute Gasteiger partial charge is 0.369 e. The molecule has 7 heteroatoms. The van der Waals surface area contributed by atoms with Gasteiger partial charge in [0.15, 0.2) is 0 Å². The lowest BCUT2D eigenvalue weighted by Crippen LogP contribution is -2.53. The van der Waals surface area contributed by atoms with Crippen LogP contribution in [0.5, 0.6) is 0 Å². The molecule has 0 radical (unpaired) electrons. The van der Waals surface area contributed by atoms with Gasteiger partial charge in [-0.3, -0.25) is 0 Å². The Kier molecular flexibility index (Phi) is 5.39. The van der Waals surface area contributed by atoms with Crippen molar-refractivity contribution in [2.75, 3.05) is 0 Å². The maximum Gasteiger partial charge on any atom is 0.430 e. The van der Waals surface area contributed by atoms with E-state index in [4.69, 9.17) is 0 Å². The SMILES string of the molecule is CC(c1ccc(C(O)(C(F)(F)F)C(F)(F)F)cc1)C(C)(C)C(C)(C)C. The van der Waals surface area contributed by atoms with Gasteiger partial charge in [-0.15, -0.1) is 0 Å². The first kappa shape index (κ1) is 21.8. The highest BCUT2D eigenvalue weighted by Gasteiger charge is 2.71. The molecule has 1 N–H and O–H groups in total. The van der Waals surface area contributed by atoms with Crippen LogP contribution in [0.2, 0.25) is 0 Å². The second-order valence-corrected chi connectivity index (χ2v) is 8.02. The van der Waals surface area contributed by atoms with Gasteiger partial charge in [-0.05, 0) is 22.3 Å². The van der Waals surface area contributed by atoms with E-state index in [1.165, 1.54) is 12.1 Å². The molecule has 25 heavy (non-hydrogen) atoms. The first-order chi connectivity index (χ1) is 10.9. The summed E-state index contributed by atoms with van der Waals surface area (Å²) in [6.07, 6.45) is -11.7. The van der Waals surface area contributed by atoms with Gasteiger partial charge in [-0.25, -0.2) is 0 Å². The quantitative estimate of drug-likeness (QED) is 0.631. The fourth-order valence-corrected chi connectivity index (χ4v) is 2.57. The van der Waals surface area contributed by atoms with Gasteiger partial charge in [0.25, 0.3) is 5.60 Å². The number of rotatable bonds is 3. The number of benzene rings is 1. The van der Waals surface area contributed by atoms with E-state index in [9.17, 15) is 31.4 Å². The zero-order chi connectivity index (χ0) is 20.1. The first-order valence-corrected chi connectivity index (χ1v) is 7.83. The van der Waals surface area contributed by atoms with Gasteiger partial charge in [-0.1, -0.05) is 65.8 Å². The molecule has 0 aliphatic rings. The zero-order valence-electron chi connectivity index (χ0n) is 15.1. The third kappa shape index (κ3) is 3.66. The van der Waals surface area contributed by atoms with Crippen molar-refractivity contribution in [3.8, 4) is 0 Å². The summed E-state index contributed by atoms with van der Waals surface area (Å²) in [5, 5.41) is 9.42. The van der Waals surface area contributed by atoms with Crippen LogP contribution in [0.25, 0.3) is 0 Å². The van der Waals surface area contributed by atoms with Gasteiger partial charge >= 0.3 is 12.4 Å². The Morgan fingerprint density at radius 3 is 1.40 bits per heavy atom. The van der Waals surface area contributed by atoms with E-state index in [1.54, 1.807) is 0 Å². The number of alkyl halides is 6. The third-order valence-electron chi connectivity index (χ3n) is 5.66. The van der Waals surface area contributed by atoms with Crippen molar-refractivity contribution in [3.63, 3.8) is 0 Å². The lowest BCUT2D eigenvalue weighted by atomic mass is 9.61. The van der Waals surface area contributed by atoms with Crippen LogP contribution in [0.3, 0.4) is 0 Å². The summed E-state index contributed by atoms with van der Waals surface area (Å²) in [6, 6.07) is 3.84. The Balaban J connectivity index is 3.35. The molecule has 0 heterocycles.